The number of nitrogens with one attached hydrogen (secondary N) is 3. The van der Waals surface area contributed by atoms with Gasteiger partial charge in [-0.1, -0.05) is 12.1 Å². The molecule has 0 spiro atoms. The number of hydrogen-bond donors (Lipinski definition) is 3. The lowest BCUT2D eigenvalue weighted by molar-refractivity contribution is 0.0930. The molecule has 4 rings (SSSR count). The fourth-order valence-electron chi connectivity index (χ4n) is 3.28. The largest absolute Gasteiger partial charge is 0.348 e. The van der Waals surface area contributed by atoms with E-state index in [9.17, 15) is 13.2 Å². The summed E-state index contributed by atoms with van der Waals surface area (Å²) in [5, 5.41) is 9.32. The van der Waals surface area contributed by atoms with Gasteiger partial charge in [0.25, 0.3) is 15.9 Å². The summed E-state index contributed by atoms with van der Waals surface area (Å²) in [6.45, 7) is 1.79. The molecule has 2 aliphatic heterocycles. The van der Waals surface area contributed by atoms with Gasteiger partial charge in [0.1, 0.15) is 4.90 Å². The Balaban J connectivity index is 1.46. The van der Waals surface area contributed by atoms with Crippen LogP contribution in [0.2, 0.25) is 0 Å². The zero-order valence-corrected chi connectivity index (χ0v) is 15.4. The Morgan fingerprint density at radius 2 is 1.89 bits per heavy atom. The third-order valence-electron chi connectivity index (χ3n) is 4.67. The van der Waals surface area contributed by atoms with Crippen molar-refractivity contribution < 1.29 is 13.2 Å². The number of nitrogens with zero attached hydrogens (tertiary/aromatic N) is 1. The highest BCUT2D eigenvalue weighted by molar-refractivity contribution is 7.90. The SMILES string of the molecule is O=C(N[C@H]1CCCNC1)c1ccc(NC2=NS(=O)(=O)c3ccccc32)cc1. The van der Waals surface area contributed by atoms with Crippen molar-refractivity contribution in [2.24, 2.45) is 4.40 Å². The number of hydrogen-bond acceptors (Lipinski definition) is 5. The molecule has 8 heteroatoms. The summed E-state index contributed by atoms with van der Waals surface area (Å²) < 4.78 is 28.0. The predicted molar refractivity (Wildman–Crippen MR) is 104 cm³/mol. The van der Waals surface area contributed by atoms with Crippen LogP contribution in [0.15, 0.2) is 57.8 Å². The van der Waals surface area contributed by atoms with Gasteiger partial charge < -0.3 is 16.0 Å². The van der Waals surface area contributed by atoms with Crippen LogP contribution in [0.1, 0.15) is 28.8 Å². The number of carbonyl (C=O) groups is 1. The number of piperidine rings is 1. The minimum atomic E-state index is -3.66. The van der Waals surface area contributed by atoms with Crippen molar-refractivity contribution in [3.05, 3.63) is 59.7 Å². The van der Waals surface area contributed by atoms with E-state index >= 15 is 0 Å². The zero-order valence-electron chi connectivity index (χ0n) is 14.6. The summed E-state index contributed by atoms with van der Waals surface area (Å²) in [5.74, 6) is 0.178. The molecule has 27 heavy (non-hydrogen) atoms. The summed E-state index contributed by atoms with van der Waals surface area (Å²) in [7, 11) is -3.66. The number of amides is 1. The van der Waals surface area contributed by atoms with Crippen molar-refractivity contribution in [3.63, 3.8) is 0 Å². The normalized spacial score (nSPS) is 20.4. The molecular formula is C19H20N4O3S. The Morgan fingerprint density at radius 1 is 1.11 bits per heavy atom. The van der Waals surface area contributed by atoms with Crippen molar-refractivity contribution in [1.29, 1.82) is 0 Å². The molecular weight excluding hydrogens is 364 g/mol. The summed E-state index contributed by atoms with van der Waals surface area (Å²) in [6.07, 6.45) is 2.03. The maximum atomic E-state index is 12.4. The molecule has 7 nitrogen and oxygen atoms in total. The molecule has 1 fully saturated rings. The van der Waals surface area contributed by atoms with E-state index in [4.69, 9.17) is 0 Å². The number of rotatable bonds is 3. The van der Waals surface area contributed by atoms with Gasteiger partial charge in [0, 0.05) is 29.4 Å². The lowest BCUT2D eigenvalue weighted by atomic mass is 10.1. The molecule has 140 valence electrons. The van der Waals surface area contributed by atoms with Gasteiger partial charge in [-0.25, -0.2) is 0 Å². The van der Waals surface area contributed by atoms with Crippen molar-refractivity contribution in [2.75, 3.05) is 18.4 Å². The van der Waals surface area contributed by atoms with Crippen LogP contribution in [-0.2, 0) is 10.0 Å². The highest BCUT2D eigenvalue weighted by Crippen LogP contribution is 2.26. The molecule has 2 heterocycles. The van der Waals surface area contributed by atoms with Crippen LogP contribution < -0.4 is 16.0 Å². The van der Waals surface area contributed by atoms with Gasteiger partial charge >= 0.3 is 0 Å². The summed E-state index contributed by atoms with van der Waals surface area (Å²) in [5.41, 5.74) is 1.77. The fraction of sp³-hybridized carbons (Fsp3) is 0.263. The van der Waals surface area contributed by atoms with Crippen LogP contribution in [0.25, 0.3) is 0 Å². The number of amidine groups is 1. The Hall–Kier alpha value is -2.71. The lowest BCUT2D eigenvalue weighted by Crippen LogP contribution is -2.45. The first kappa shape index (κ1) is 17.7. The van der Waals surface area contributed by atoms with Crippen LogP contribution in [0.5, 0.6) is 0 Å². The Labute approximate surface area is 157 Å². The van der Waals surface area contributed by atoms with Gasteiger partial charge in [0.05, 0.1) is 0 Å². The Kier molecular flexibility index (Phi) is 4.67. The first-order valence-electron chi connectivity index (χ1n) is 8.86. The van der Waals surface area contributed by atoms with E-state index in [1.807, 2.05) is 0 Å². The molecule has 3 N–H and O–H groups in total. The number of fused-ring (bicyclic) bond motifs is 1. The number of carbonyl (C=O) groups excluding carboxylic acids is 1. The summed E-state index contributed by atoms with van der Waals surface area (Å²) >= 11 is 0. The van der Waals surface area contributed by atoms with E-state index in [2.05, 4.69) is 20.3 Å². The molecule has 1 amide bonds. The van der Waals surface area contributed by atoms with Crippen LogP contribution in [0.3, 0.4) is 0 Å². The molecule has 0 aromatic heterocycles. The predicted octanol–water partition coefficient (Wildman–Crippen LogP) is 1.73. The lowest BCUT2D eigenvalue weighted by Gasteiger charge is -2.23. The third kappa shape index (κ3) is 3.72. The highest BCUT2D eigenvalue weighted by Gasteiger charge is 2.28. The van der Waals surface area contributed by atoms with Gasteiger partial charge in [-0.3, -0.25) is 4.79 Å². The summed E-state index contributed by atoms with van der Waals surface area (Å²) in [4.78, 5) is 12.6. The van der Waals surface area contributed by atoms with E-state index in [-0.39, 0.29) is 22.7 Å². The quantitative estimate of drug-likeness (QED) is 0.748. The Bertz CT molecular complexity index is 994. The maximum Gasteiger partial charge on any atom is 0.285 e. The molecule has 2 aliphatic rings. The Morgan fingerprint density at radius 3 is 2.63 bits per heavy atom. The average Bonchev–Trinajstić information content (AvgIpc) is 2.94. The molecule has 0 radical (unpaired) electrons. The molecule has 2 aromatic carbocycles. The molecule has 1 atom stereocenters. The van der Waals surface area contributed by atoms with Gasteiger partial charge in [-0.15, -0.1) is 4.40 Å². The smallest absolute Gasteiger partial charge is 0.285 e. The molecule has 0 aliphatic carbocycles. The molecule has 0 bridgehead atoms. The molecule has 0 unspecified atom stereocenters. The average molecular weight is 384 g/mol. The standard InChI is InChI=1S/C19H20N4O3S/c24-19(22-15-4-3-11-20-12-15)13-7-9-14(10-8-13)21-18-16-5-1-2-6-17(16)27(25,26)23-18/h1-2,5-10,15,20H,3-4,11-12H2,(H,21,23)(H,22,24)/t15-/m0/s1. The third-order valence-corrected chi connectivity index (χ3v) is 6.01. The first-order valence-corrected chi connectivity index (χ1v) is 10.3. The van der Waals surface area contributed by atoms with E-state index in [1.54, 1.807) is 42.5 Å². The van der Waals surface area contributed by atoms with Crippen molar-refractivity contribution in [3.8, 4) is 0 Å². The van der Waals surface area contributed by atoms with Crippen LogP contribution >= 0.6 is 0 Å². The van der Waals surface area contributed by atoms with E-state index < -0.39 is 10.0 Å². The van der Waals surface area contributed by atoms with Crippen LogP contribution in [-0.4, -0.2) is 39.3 Å². The minimum absolute atomic E-state index is 0.110. The van der Waals surface area contributed by atoms with E-state index in [1.165, 1.54) is 6.07 Å². The van der Waals surface area contributed by atoms with Crippen molar-refractivity contribution >= 4 is 27.5 Å². The number of sulfonamides is 1. The van der Waals surface area contributed by atoms with E-state index in [0.717, 1.165) is 25.9 Å². The second-order valence-corrected chi connectivity index (χ2v) is 8.20. The molecule has 2 aromatic rings. The molecule has 0 saturated carbocycles. The highest BCUT2D eigenvalue weighted by atomic mass is 32.2. The fourth-order valence-corrected chi connectivity index (χ4v) is 4.46. The molecule has 1 saturated heterocycles. The monoisotopic (exact) mass is 384 g/mol. The zero-order chi connectivity index (χ0) is 18.9. The summed E-state index contributed by atoms with van der Waals surface area (Å²) in [6, 6.07) is 13.7. The number of anilines is 1. The van der Waals surface area contributed by atoms with Crippen LogP contribution in [0, 0.1) is 0 Å². The van der Waals surface area contributed by atoms with Crippen molar-refractivity contribution in [1.82, 2.24) is 10.6 Å². The minimum Gasteiger partial charge on any atom is -0.348 e. The van der Waals surface area contributed by atoms with Crippen LogP contribution in [0.4, 0.5) is 5.69 Å². The van der Waals surface area contributed by atoms with Gasteiger partial charge in [-0.05, 0) is 55.8 Å². The second-order valence-electron chi connectivity index (χ2n) is 6.63. The first-order chi connectivity index (χ1) is 13.0. The topological polar surface area (TPSA) is 99.7 Å². The van der Waals surface area contributed by atoms with E-state index in [0.29, 0.717) is 16.8 Å². The van der Waals surface area contributed by atoms with Gasteiger partial charge in [0.2, 0.25) is 0 Å². The van der Waals surface area contributed by atoms with Crippen molar-refractivity contribution in [2.45, 2.75) is 23.8 Å². The number of benzene rings is 2. The second kappa shape index (κ2) is 7.13. The van der Waals surface area contributed by atoms with Gasteiger partial charge in [0.15, 0.2) is 5.84 Å². The van der Waals surface area contributed by atoms with Gasteiger partial charge in [-0.2, -0.15) is 8.42 Å². The maximum absolute atomic E-state index is 12.4.